The Balaban J connectivity index is 1.83. The molecule has 0 atom stereocenters. The van der Waals surface area contributed by atoms with E-state index in [1.54, 1.807) is 14.2 Å². The molecule has 3 aromatic rings. The van der Waals surface area contributed by atoms with Gasteiger partial charge in [-0.05, 0) is 85.6 Å². The molecule has 2 N–H and O–H groups in total. The van der Waals surface area contributed by atoms with Crippen molar-refractivity contribution in [3.8, 4) is 22.8 Å². The van der Waals surface area contributed by atoms with Crippen LogP contribution in [-0.4, -0.2) is 32.3 Å². The molecule has 1 aromatic heterocycles. The summed E-state index contributed by atoms with van der Waals surface area (Å²) in [5.74, 6) is 2.75. The summed E-state index contributed by atoms with van der Waals surface area (Å²) in [7, 11) is 3.36. The maximum absolute atomic E-state index is 5.55. The summed E-state index contributed by atoms with van der Waals surface area (Å²) in [6, 6.07) is 13.2. The van der Waals surface area contributed by atoms with Crippen molar-refractivity contribution < 1.29 is 9.47 Å². The molecule has 0 spiro atoms. The third kappa shape index (κ3) is 3.99. The third-order valence-corrected chi connectivity index (χ3v) is 6.03. The molecule has 1 aliphatic rings. The summed E-state index contributed by atoms with van der Waals surface area (Å²) in [4.78, 5) is 3.70. The van der Waals surface area contributed by atoms with E-state index in [9.17, 15) is 0 Å². The molecule has 4 rings (SSSR count). The Bertz CT molecular complexity index is 984. The van der Waals surface area contributed by atoms with Crippen LogP contribution in [0.25, 0.3) is 22.2 Å². The van der Waals surface area contributed by atoms with Crippen molar-refractivity contribution in [3.63, 3.8) is 0 Å². The minimum absolute atomic E-state index is 0.579. The van der Waals surface area contributed by atoms with E-state index in [0.29, 0.717) is 11.8 Å². The number of H-pyrrole nitrogens is 1. The molecule has 1 aliphatic heterocycles. The molecule has 0 amide bonds. The van der Waals surface area contributed by atoms with Gasteiger partial charge in [0.05, 0.1) is 14.2 Å². The fourth-order valence-corrected chi connectivity index (χ4v) is 4.53. The molecule has 29 heavy (non-hydrogen) atoms. The highest BCUT2D eigenvalue weighted by atomic mass is 16.5. The standard InChI is InChI=1S/C25H32N2O2/c1-16(2)13-21-20-14-18(17-9-11-26-12-10-17)5-7-22(20)27-25(21)19-6-8-23(28-3)24(15-19)29-4/h5-8,14-17,26-27H,9-13H2,1-4H3. The maximum Gasteiger partial charge on any atom is 0.161 e. The zero-order valence-electron chi connectivity index (χ0n) is 18.0. The first kappa shape index (κ1) is 19.8. The monoisotopic (exact) mass is 392 g/mol. The molecule has 0 radical (unpaired) electrons. The van der Waals surface area contributed by atoms with Gasteiger partial charge < -0.3 is 19.8 Å². The number of fused-ring (bicyclic) bond motifs is 1. The molecule has 0 aliphatic carbocycles. The molecule has 154 valence electrons. The zero-order valence-corrected chi connectivity index (χ0v) is 18.0. The van der Waals surface area contributed by atoms with E-state index in [4.69, 9.17) is 9.47 Å². The second kappa shape index (κ2) is 8.50. The van der Waals surface area contributed by atoms with E-state index in [1.807, 2.05) is 6.07 Å². The summed E-state index contributed by atoms with van der Waals surface area (Å²) in [6.45, 7) is 6.80. The first-order chi connectivity index (χ1) is 14.1. The molecule has 0 unspecified atom stereocenters. The van der Waals surface area contributed by atoms with Crippen LogP contribution in [0.1, 0.15) is 43.7 Å². The van der Waals surface area contributed by atoms with Gasteiger partial charge in [0.2, 0.25) is 0 Å². The van der Waals surface area contributed by atoms with Gasteiger partial charge in [0.15, 0.2) is 11.5 Å². The minimum atomic E-state index is 0.579. The van der Waals surface area contributed by atoms with E-state index >= 15 is 0 Å². The first-order valence-electron chi connectivity index (χ1n) is 10.7. The normalized spacial score (nSPS) is 15.2. The Morgan fingerprint density at radius 3 is 2.41 bits per heavy atom. The number of methoxy groups -OCH3 is 2. The number of aromatic amines is 1. The van der Waals surface area contributed by atoms with Crippen LogP contribution in [0.5, 0.6) is 11.5 Å². The molecule has 4 nitrogen and oxygen atoms in total. The quantitative estimate of drug-likeness (QED) is 0.581. The zero-order chi connectivity index (χ0) is 20.4. The number of hydrogen-bond donors (Lipinski definition) is 2. The predicted octanol–water partition coefficient (Wildman–Crippen LogP) is 5.52. The molecule has 4 heteroatoms. The predicted molar refractivity (Wildman–Crippen MR) is 120 cm³/mol. The van der Waals surface area contributed by atoms with Crippen molar-refractivity contribution in [2.75, 3.05) is 27.3 Å². The molecular weight excluding hydrogens is 360 g/mol. The molecule has 1 saturated heterocycles. The largest absolute Gasteiger partial charge is 0.493 e. The molecule has 0 saturated carbocycles. The molecule has 2 heterocycles. The van der Waals surface area contributed by atoms with Crippen LogP contribution in [0.15, 0.2) is 36.4 Å². The average Bonchev–Trinajstić information content (AvgIpc) is 3.11. The molecule has 0 bridgehead atoms. The van der Waals surface area contributed by atoms with Gasteiger partial charge in [-0.25, -0.2) is 0 Å². The lowest BCUT2D eigenvalue weighted by molar-refractivity contribution is 0.355. The van der Waals surface area contributed by atoms with E-state index in [-0.39, 0.29) is 0 Å². The van der Waals surface area contributed by atoms with Crippen LogP contribution >= 0.6 is 0 Å². The van der Waals surface area contributed by atoms with Gasteiger partial charge in [-0.2, -0.15) is 0 Å². The van der Waals surface area contributed by atoms with Crippen molar-refractivity contribution in [2.24, 2.45) is 5.92 Å². The lowest BCUT2D eigenvalue weighted by Crippen LogP contribution is -2.26. The number of rotatable bonds is 6. The summed E-state index contributed by atoms with van der Waals surface area (Å²) in [5, 5.41) is 4.84. The van der Waals surface area contributed by atoms with Crippen molar-refractivity contribution in [3.05, 3.63) is 47.5 Å². The highest BCUT2D eigenvalue weighted by Gasteiger charge is 2.20. The van der Waals surface area contributed by atoms with E-state index in [0.717, 1.165) is 36.6 Å². The highest BCUT2D eigenvalue weighted by molar-refractivity contribution is 5.91. The van der Waals surface area contributed by atoms with Crippen LogP contribution < -0.4 is 14.8 Å². The van der Waals surface area contributed by atoms with E-state index in [1.165, 1.54) is 40.6 Å². The van der Waals surface area contributed by atoms with Crippen molar-refractivity contribution in [1.82, 2.24) is 10.3 Å². The Morgan fingerprint density at radius 2 is 1.72 bits per heavy atom. The Labute approximate surface area is 173 Å². The molecular formula is C25H32N2O2. The van der Waals surface area contributed by atoms with E-state index < -0.39 is 0 Å². The van der Waals surface area contributed by atoms with Crippen molar-refractivity contribution in [2.45, 2.75) is 39.0 Å². The number of hydrogen-bond acceptors (Lipinski definition) is 3. The minimum Gasteiger partial charge on any atom is -0.493 e. The van der Waals surface area contributed by atoms with Gasteiger partial charge in [0.1, 0.15) is 0 Å². The van der Waals surface area contributed by atoms with Crippen LogP contribution in [-0.2, 0) is 6.42 Å². The SMILES string of the molecule is COc1ccc(-c2[nH]c3ccc(C4CCNCC4)cc3c2CC(C)C)cc1OC. The Hall–Kier alpha value is -2.46. The number of piperidine rings is 1. The summed E-state index contributed by atoms with van der Waals surface area (Å²) >= 11 is 0. The second-order valence-electron chi connectivity index (χ2n) is 8.48. The highest BCUT2D eigenvalue weighted by Crippen LogP contribution is 2.38. The Morgan fingerprint density at radius 1 is 0.966 bits per heavy atom. The smallest absolute Gasteiger partial charge is 0.161 e. The van der Waals surface area contributed by atoms with Crippen LogP contribution in [0.4, 0.5) is 0 Å². The van der Waals surface area contributed by atoms with Crippen LogP contribution in [0.3, 0.4) is 0 Å². The summed E-state index contributed by atoms with van der Waals surface area (Å²) in [6.07, 6.45) is 3.48. The summed E-state index contributed by atoms with van der Waals surface area (Å²) < 4.78 is 11.0. The lowest BCUT2D eigenvalue weighted by Gasteiger charge is -2.23. The average molecular weight is 393 g/mol. The fourth-order valence-electron chi connectivity index (χ4n) is 4.53. The van der Waals surface area contributed by atoms with Gasteiger partial charge in [-0.1, -0.05) is 19.9 Å². The third-order valence-electron chi connectivity index (χ3n) is 6.03. The van der Waals surface area contributed by atoms with Crippen molar-refractivity contribution in [1.29, 1.82) is 0 Å². The van der Waals surface area contributed by atoms with Crippen LogP contribution in [0.2, 0.25) is 0 Å². The number of aromatic nitrogens is 1. The Kier molecular flexibility index (Phi) is 5.81. The van der Waals surface area contributed by atoms with Gasteiger partial charge in [-0.15, -0.1) is 0 Å². The number of nitrogens with one attached hydrogen (secondary N) is 2. The van der Waals surface area contributed by atoms with Gasteiger partial charge in [0, 0.05) is 22.2 Å². The number of benzene rings is 2. The van der Waals surface area contributed by atoms with Gasteiger partial charge in [0.25, 0.3) is 0 Å². The molecule has 2 aromatic carbocycles. The van der Waals surface area contributed by atoms with Gasteiger partial charge >= 0.3 is 0 Å². The topological polar surface area (TPSA) is 46.3 Å². The van der Waals surface area contributed by atoms with Gasteiger partial charge in [-0.3, -0.25) is 0 Å². The second-order valence-corrected chi connectivity index (χ2v) is 8.48. The number of ether oxygens (including phenoxy) is 2. The van der Waals surface area contributed by atoms with Crippen molar-refractivity contribution >= 4 is 10.9 Å². The summed E-state index contributed by atoms with van der Waals surface area (Å²) in [5.41, 5.74) is 6.41. The maximum atomic E-state index is 5.55. The first-order valence-corrected chi connectivity index (χ1v) is 10.7. The molecule has 1 fully saturated rings. The lowest BCUT2D eigenvalue weighted by atomic mass is 9.88. The van der Waals surface area contributed by atoms with Crippen LogP contribution in [0, 0.1) is 5.92 Å². The van der Waals surface area contributed by atoms with E-state index in [2.05, 4.69) is 54.5 Å². The fraction of sp³-hybridized carbons (Fsp3) is 0.440.